The third-order valence-electron chi connectivity index (χ3n) is 1.06. The second-order valence-electron chi connectivity index (χ2n) is 2.85. The molecule has 0 aromatic carbocycles. The number of hydrogen-bond donors (Lipinski definition) is 0. The van der Waals surface area contributed by atoms with E-state index >= 15 is 0 Å². The van der Waals surface area contributed by atoms with Crippen molar-refractivity contribution in [1.82, 2.24) is 0 Å². The molecule has 0 radical (unpaired) electrons. The van der Waals surface area contributed by atoms with Gasteiger partial charge in [-0.15, -0.1) is 0 Å². The molecule has 0 amide bonds. The van der Waals surface area contributed by atoms with Crippen molar-refractivity contribution < 1.29 is 17.1 Å². The summed E-state index contributed by atoms with van der Waals surface area (Å²) < 4.78 is 1.20. The van der Waals surface area contributed by atoms with E-state index in [1.165, 1.54) is 3.59 Å². The zero-order valence-electron chi connectivity index (χ0n) is 5.72. The molecule has 0 unspecified atom stereocenters. The quantitative estimate of drug-likeness (QED) is 0.505. The zero-order valence-corrected chi connectivity index (χ0v) is 9.51. The van der Waals surface area contributed by atoms with Crippen molar-refractivity contribution in [2.45, 2.75) is 14.8 Å². The molecule has 0 nitrogen and oxygen atoms in total. The number of hydrogen-bond acceptors (Lipinski definition) is 0. The fourth-order valence-electron chi connectivity index (χ4n) is 0. The average molecular weight is 267 g/mol. The summed E-state index contributed by atoms with van der Waals surface area (Å²) >= 11 is -1.67. The molecule has 0 aliphatic rings. The average Bonchev–Trinajstić information content (AvgIpc) is 1.31. The van der Waals surface area contributed by atoms with Gasteiger partial charge in [0, 0.05) is 0 Å². The van der Waals surface area contributed by atoms with Crippen molar-refractivity contribution in [2.75, 3.05) is 0 Å². The molecule has 0 aromatic rings. The SMILES string of the molecule is C=[C]([CH2-])[Sn]([CH3])([CH3])[CH3].[Cu+]. The van der Waals surface area contributed by atoms with Crippen LogP contribution in [0.4, 0.5) is 0 Å². The van der Waals surface area contributed by atoms with Crippen LogP contribution in [0.15, 0.2) is 10.2 Å². The van der Waals surface area contributed by atoms with Crippen LogP contribution in [-0.2, 0) is 17.1 Å². The van der Waals surface area contributed by atoms with Gasteiger partial charge < -0.3 is 0 Å². The van der Waals surface area contributed by atoms with Crippen LogP contribution >= 0.6 is 0 Å². The van der Waals surface area contributed by atoms with Crippen LogP contribution in [0.5, 0.6) is 0 Å². The van der Waals surface area contributed by atoms with E-state index in [2.05, 4.69) is 28.3 Å². The van der Waals surface area contributed by atoms with E-state index in [4.69, 9.17) is 0 Å². The van der Waals surface area contributed by atoms with Gasteiger partial charge in [-0.2, -0.15) is 0 Å². The molecule has 0 bridgehead atoms. The molecule has 0 aliphatic carbocycles. The topological polar surface area (TPSA) is 0 Å². The third kappa shape index (κ3) is 5.07. The molecule has 0 N–H and O–H groups in total. The number of rotatable bonds is 1. The normalized spacial score (nSPS) is 9.88. The van der Waals surface area contributed by atoms with Gasteiger partial charge in [0.15, 0.2) is 0 Å². The first-order valence-corrected chi connectivity index (χ1v) is 12.4. The summed E-state index contributed by atoms with van der Waals surface area (Å²) in [6.45, 7) is 7.62. The minimum Gasteiger partial charge on any atom is 1.00 e. The van der Waals surface area contributed by atoms with E-state index in [9.17, 15) is 0 Å². The molecule has 0 heterocycles. The molecular formula is C6H13CuSn. The van der Waals surface area contributed by atoms with Gasteiger partial charge in [-0.05, 0) is 0 Å². The zero-order chi connectivity index (χ0) is 6.08. The molecule has 0 atom stereocenters. The minimum absolute atomic E-state index is 0. The Kier molecular flexibility index (Phi) is 5.64. The summed E-state index contributed by atoms with van der Waals surface area (Å²) in [5.41, 5.74) is 0. The summed E-state index contributed by atoms with van der Waals surface area (Å²) in [7, 11) is 0. The largest absolute Gasteiger partial charge is 1.00 e. The second kappa shape index (κ2) is 3.86. The summed E-state index contributed by atoms with van der Waals surface area (Å²) in [5.74, 6) is 0. The predicted octanol–water partition coefficient (Wildman–Crippen LogP) is 2.25. The van der Waals surface area contributed by atoms with E-state index in [1.807, 2.05) is 0 Å². The molecule has 52 valence electrons. The smallest absolute Gasteiger partial charge is 1.00 e. The molecule has 0 saturated carbocycles. The van der Waals surface area contributed by atoms with Gasteiger partial charge in [-0.1, -0.05) is 0 Å². The Morgan fingerprint density at radius 1 is 1.38 bits per heavy atom. The molecule has 0 fully saturated rings. The van der Waals surface area contributed by atoms with E-state index < -0.39 is 18.4 Å². The molecule has 0 aliphatic heterocycles. The Hall–Kier alpha value is 0.928. The first-order valence-electron chi connectivity index (χ1n) is 2.46. The summed E-state index contributed by atoms with van der Waals surface area (Å²) in [5, 5.41) is 0. The van der Waals surface area contributed by atoms with Gasteiger partial charge in [0.1, 0.15) is 0 Å². The third-order valence-corrected chi connectivity index (χ3v) is 7.12. The predicted molar refractivity (Wildman–Crippen MR) is 37.8 cm³/mol. The van der Waals surface area contributed by atoms with Gasteiger partial charge in [0.05, 0.1) is 0 Å². The van der Waals surface area contributed by atoms with Crippen molar-refractivity contribution >= 4 is 18.4 Å². The molecule has 8 heavy (non-hydrogen) atoms. The summed E-state index contributed by atoms with van der Waals surface area (Å²) in [6, 6.07) is 0. The van der Waals surface area contributed by atoms with Gasteiger partial charge in [0.25, 0.3) is 0 Å². The Bertz CT molecular complexity index is 81.0. The fourth-order valence-corrected chi connectivity index (χ4v) is 0. The fraction of sp³-hybridized carbons (Fsp3) is 0.500. The Labute approximate surface area is 67.1 Å². The molecule has 0 spiro atoms. The van der Waals surface area contributed by atoms with Gasteiger partial charge in [-0.3, -0.25) is 0 Å². The van der Waals surface area contributed by atoms with E-state index in [-0.39, 0.29) is 17.1 Å². The van der Waals surface area contributed by atoms with Crippen molar-refractivity contribution in [3.63, 3.8) is 0 Å². The van der Waals surface area contributed by atoms with Crippen LogP contribution in [0.25, 0.3) is 0 Å². The second-order valence-corrected chi connectivity index (χ2v) is 17.7. The van der Waals surface area contributed by atoms with Gasteiger partial charge >= 0.3 is 67.4 Å². The number of allylic oxidation sites excluding steroid dienone is 1. The first kappa shape index (κ1) is 11.7. The maximum Gasteiger partial charge on any atom is 1.00 e. The Morgan fingerprint density at radius 2 is 1.50 bits per heavy atom. The Balaban J connectivity index is 0. The minimum atomic E-state index is -1.67. The van der Waals surface area contributed by atoms with Crippen molar-refractivity contribution in [3.8, 4) is 0 Å². The van der Waals surface area contributed by atoms with E-state index in [0.717, 1.165) is 0 Å². The monoisotopic (exact) mass is 268 g/mol. The standard InChI is InChI=1S/C3H4.3CH3.Cu.Sn/c1-3-2;;;;;/h1-2H2;3*1H3;;/q-1;;;;+1;. The molecular weight excluding hydrogens is 254 g/mol. The van der Waals surface area contributed by atoms with Gasteiger partial charge in [-0.25, -0.2) is 0 Å². The molecule has 0 rings (SSSR count). The van der Waals surface area contributed by atoms with Crippen LogP contribution in [0.3, 0.4) is 0 Å². The Morgan fingerprint density at radius 3 is 1.50 bits per heavy atom. The summed E-state index contributed by atoms with van der Waals surface area (Å²) in [6.07, 6.45) is 0. The molecule has 0 aromatic heterocycles. The van der Waals surface area contributed by atoms with Crippen molar-refractivity contribution in [2.24, 2.45) is 0 Å². The van der Waals surface area contributed by atoms with E-state index in [0.29, 0.717) is 0 Å². The maximum absolute atomic E-state index is 3.81. The molecule has 2 heteroatoms. The van der Waals surface area contributed by atoms with Crippen molar-refractivity contribution in [1.29, 1.82) is 0 Å². The van der Waals surface area contributed by atoms with Crippen LogP contribution in [-0.4, -0.2) is 18.4 Å². The summed E-state index contributed by atoms with van der Waals surface area (Å²) in [4.78, 5) is 6.93. The van der Waals surface area contributed by atoms with Crippen LogP contribution in [0.1, 0.15) is 0 Å². The maximum atomic E-state index is 3.81. The van der Waals surface area contributed by atoms with E-state index in [1.54, 1.807) is 0 Å². The van der Waals surface area contributed by atoms with Crippen LogP contribution in [0, 0.1) is 6.92 Å². The van der Waals surface area contributed by atoms with Gasteiger partial charge in [0.2, 0.25) is 0 Å². The molecule has 0 saturated heterocycles. The first-order chi connectivity index (χ1) is 2.94. The van der Waals surface area contributed by atoms with Crippen molar-refractivity contribution in [3.05, 3.63) is 17.1 Å². The van der Waals surface area contributed by atoms with Crippen LogP contribution < -0.4 is 0 Å². The van der Waals surface area contributed by atoms with Crippen LogP contribution in [0.2, 0.25) is 14.8 Å².